The molecule has 0 bridgehead atoms. The zero-order chi connectivity index (χ0) is 20.4. The van der Waals surface area contributed by atoms with Crippen molar-refractivity contribution in [3.8, 4) is 11.5 Å². The van der Waals surface area contributed by atoms with Crippen molar-refractivity contribution in [2.45, 2.75) is 10.9 Å². The van der Waals surface area contributed by atoms with Crippen LogP contribution in [-0.4, -0.2) is 75.8 Å². The van der Waals surface area contributed by atoms with E-state index in [1.165, 1.54) is 6.07 Å². The second kappa shape index (κ2) is 8.35. The Balaban J connectivity index is 1.52. The number of hydrogen-bond acceptors (Lipinski definition) is 6. The molecule has 9 heteroatoms. The van der Waals surface area contributed by atoms with E-state index < -0.39 is 10.0 Å². The van der Waals surface area contributed by atoms with Gasteiger partial charge in [0.1, 0.15) is 13.2 Å². The van der Waals surface area contributed by atoms with Crippen molar-refractivity contribution >= 4 is 10.0 Å². The summed E-state index contributed by atoms with van der Waals surface area (Å²) in [7, 11) is 0.430. The Bertz CT molecular complexity index is 951. The molecule has 1 saturated heterocycles. The van der Waals surface area contributed by atoms with Crippen LogP contribution in [0.3, 0.4) is 0 Å². The molecule has 2 aliphatic heterocycles. The van der Waals surface area contributed by atoms with Crippen LogP contribution in [0.5, 0.6) is 11.5 Å². The van der Waals surface area contributed by atoms with Gasteiger partial charge < -0.3 is 18.9 Å². The van der Waals surface area contributed by atoms with Gasteiger partial charge in [0, 0.05) is 57.7 Å². The Morgan fingerprint density at radius 2 is 1.76 bits per heavy atom. The second-order valence-electron chi connectivity index (χ2n) is 7.56. The number of nitrogens with zero attached hydrogens (tertiary/aromatic N) is 3. The van der Waals surface area contributed by atoms with Gasteiger partial charge in [0.2, 0.25) is 10.0 Å². The van der Waals surface area contributed by atoms with Crippen LogP contribution < -0.4 is 14.2 Å². The lowest BCUT2D eigenvalue weighted by Crippen LogP contribution is -2.48. The van der Waals surface area contributed by atoms with Crippen molar-refractivity contribution in [2.24, 2.45) is 7.05 Å². The Kier molecular flexibility index (Phi) is 5.82. The van der Waals surface area contributed by atoms with Crippen molar-refractivity contribution < 1.29 is 17.9 Å². The zero-order valence-electron chi connectivity index (χ0n) is 16.9. The second-order valence-corrected chi connectivity index (χ2v) is 9.32. The van der Waals surface area contributed by atoms with Gasteiger partial charge in [-0.2, -0.15) is 0 Å². The lowest BCUT2D eigenvalue weighted by Gasteiger charge is -2.38. The summed E-state index contributed by atoms with van der Waals surface area (Å²) in [6.07, 6.45) is 1.99. The van der Waals surface area contributed by atoms with Crippen LogP contribution in [0.4, 0.5) is 0 Å². The highest BCUT2D eigenvalue weighted by molar-refractivity contribution is 7.89. The quantitative estimate of drug-likeness (QED) is 0.753. The lowest BCUT2D eigenvalue weighted by molar-refractivity contribution is 0.109. The summed E-state index contributed by atoms with van der Waals surface area (Å²) in [5.41, 5.74) is 1.10. The van der Waals surface area contributed by atoms with E-state index in [9.17, 15) is 8.42 Å². The topological polar surface area (TPSA) is 76.0 Å². The summed E-state index contributed by atoms with van der Waals surface area (Å²) in [6, 6.07) is 8.76. The van der Waals surface area contributed by atoms with E-state index >= 15 is 0 Å². The average Bonchev–Trinajstić information content (AvgIpc) is 3.14. The summed E-state index contributed by atoms with van der Waals surface area (Å²) in [6.45, 7) is 4.93. The van der Waals surface area contributed by atoms with Gasteiger partial charge in [0.05, 0.1) is 10.9 Å². The summed E-state index contributed by atoms with van der Waals surface area (Å²) in [5, 5.41) is 0. The number of hydrogen-bond donors (Lipinski definition) is 1. The summed E-state index contributed by atoms with van der Waals surface area (Å²) >= 11 is 0. The van der Waals surface area contributed by atoms with Gasteiger partial charge in [-0.05, 0) is 31.3 Å². The lowest BCUT2D eigenvalue weighted by atomic mass is 10.1. The maximum atomic E-state index is 13.0. The van der Waals surface area contributed by atoms with E-state index in [2.05, 4.69) is 32.2 Å². The molecule has 0 saturated carbocycles. The fourth-order valence-electron chi connectivity index (χ4n) is 3.84. The van der Waals surface area contributed by atoms with Crippen LogP contribution in [0.1, 0.15) is 11.7 Å². The van der Waals surface area contributed by atoms with E-state index in [-0.39, 0.29) is 10.9 Å². The average molecular weight is 421 g/mol. The maximum Gasteiger partial charge on any atom is 0.240 e. The molecule has 8 nitrogen and oxygen atoms in total. The predicted octanol–water partition coefficient (Wildman–Crippen LogP) is 1.06. The molecule has 1 aromatic heterocycles. The fraction of sp³-hybridized carbons (Fsp3) is 0.500. The van der Waals surface area contributed by atoms with Crippen LogP contribution in [0.15, 0.2) is 41.4 Å². The number of rotatable bonds is 6. The van der Waals surface area contributed by atoms with E-state index in [0.29, 0.717) is 31.3 Å². The third-order valence-electron chi connectivity index (χ3n) is 5.59. The molecule has 1 N–H and O–H groups in total. The van der Waals surface area contributed by atoms with Crippen LogP contribution in [0, 0.1) is 0 Å². The number of benzene rings is 1. The zero-order valence-corrected chi connectivity index (χ0v) is 17.7. The predicted molar refractivity (Wildman–Crippen MR) is 110 cm³/mol. The van der Waals surface area contributed by atoms with Crippen LogP contribution in [-0.2, 0) is 17.1 Å². The Morgan fingerprint density at radius 3 is 2.45 bits per heavy atom. The smallest absolute Gasteiger partial charge is 0.240 e. The molecular weight excluding hydrogens is 392 g/mol. The van der Waals surface area contributed by atoms with Gasteiger partial charge >= 0.3 is 0 Å². The molecule has 0 radical (unpaired) electrons. The first-order valence-electron chi connectivity index (χ1n) is 9.87. The molecule has 0 unspecified atom stereocenters. The minimum absolute atomic E-state index is 0.0318. The molecule has 158 valence electrons. The van der Waals surface area contributed by atoms with Gasteiger partial charge in [0.15, 0.2) is 11.5 Å². The van der Waals surface area contributed by atoms with E-state index in [1.807, 2.05) is 19.3 Å². The molecule has 1 fully saturated rings. The Morgan fingerprint density at radius 1 is 1.03 bits per heavy atom. The number of aromatic nitrogens is 1. The molecule has 2 aliphatic rings. The number of fused-ring (bicyclic) bond motifs is 1. The maximum absolute atomic E-state index is 13.0. The normalized spacial score (nSPS) is 19.2. The van der Waals surface area contributed by atoms with Crippen molar-refractivity contribution in [3.05, 3.63) is 42.2 Å². The molecule has 0 aliphatic carbocycles. The third kappa shape index (κ3) is 4.42. The standard InChI is InChI=1S/C20H28N4O4S/c1-22-8-10-24(11-9-22)18(17-4-3-7-23(17)2)15-21-29(25,26)16-5-6-19-20(14-16)28-13-12-27-19/h3-7,14,18,21H,8-13,15H2,1-2H3/t18-/m1/s1. The van der Waals surface area contributed by atoms with Gasteiger partial charge in [-0.1, -0.05) is 0 Å². The first kappa shape index (κ1) is 20.2. The highest BCUT2D eigenvalue weighted by atomic mass is 32.2. The van der Waals surface area contributed by atoms with Gasteiger partial charge in [-0.25, -0.2) is 13.1 Å². The van der Waals surface area contributed by atoms with Crippen molar-refractivity contribution in [1.29, 1.82) is 0 Å². The number of ether oxygens (including phenoxy) is 2. The summed E-state index contributed by atoms with van der Waals surface area (Å²) in [5.74, 6) is 1.05. The van der Waals surface area contributed by atoms with Gasteiger partial charge in [-0.15, -0.1) is 0 Å². The van der Waals surface area contributed by atoms with Crippen molar-refractivity contribution in [2.75, 3.05) is 53.0 Å². The highest BCUT2D eigenvalue weighted by Crippen LogP contribution is 2.32. The molecule has 1 aromatic carbocycles. The molecule has 1 atom stereocenters. The number of nitrogens with one attached hydrogen (secondary N) is 1. The van der Waals surface area contributed by atoms with Crippen LogP contribution in [0.2, 0.25) is 0 Å². The third-order valence-corrected chi connectivity index (χ3v) is 7.02. The Labute approximate surface area is 172 Å². The Hall–Kier alpha value is -2.07. The molecule has 4 rings (SSSR count). The van der Waals surface area contributed by atoms with Crippen LogP contribution in [0.25, 0.3) is 0 Å². The van der Waals surface area contributed by atoms with Crippen LogP contribution >= 0.6 is 0 Å². The first-order valence-corrected chi connectivity index (χ1v) is 11.4. The van der Waals surface area contributed by atoms with Gasteiger partial charge in [-0.3, -0.25) is 4.90 Å². The minimum Gasteiger partial charge on any atom is -0.486 e. The summed E-state index contributed by atoms with van der Waals surface area (Å²) in [4.78, 5) is 4.82. The molecule has 2 aromatic rings. The molecule has 0 spiro atoms. The molecular formula is C20H28N4O4S. The highest BCUT2D eigenvalue weighted by Gasteiger charge is 2.28. The molecule has 0 amide bonds. The van der Waals surface area contributed by atoms with Crippen molar-refractivity contribution in [1.82, 2.24) is 19.1 Å². The van der Waals surface area contributed by atoms with E-state index in [0.717, 1.165) is 31.9 Å². The van der Waals surface area contributed by atoms with Crippen molar-refractivity contribution in [3.63, 3.8) is 0 Å². The largest absolute Gasteiger partial charge is 0.486 e. The number of likely N-dealkylation sites (N-methyl/N-ethyl adjacent to an activating group) is 1. The molecule has 29 heavy (non-hydrogen) atoms. The van der Waals surface area contributed by atoms with E-state index in [1.54, 1.807) is 12.1 Å². The molecule has 3 heterocycles. The summed E-state index contributed by atoms with van der Waals surface area (Å²) < 4.78 is 41.8. The SMILES string of the molecule is CN1CCN([C@H](CNS(=O)(=O)c2ccc3c(c2)OCCO3)c2cccn2C)CC1. The van der Waals surface area contributed by atoms with E-state index in [4.69, 9.17) is 9.47 Å². The minimum atomic E-state index is -3.67. The monoisotopic (exact) mass is 420 g/mol. The number of aryl methyl sites for hydroxylation is 1. The first-order chi connectivity index (χ1) is 13.9. The number of piperazine rings is 1. The van der Waals surface area contributed by atoms with Gasteiger partial charge in [0.25, 0.3) is 0 Å². The number of sulfonamides is 1. The fourth-order valence-corrected chi connectivity index (χ4v) is 4.89.